The fraction of sp³-hybridized carbons (Fsp3) is 0.375. The summed E-state index contributed by atoms with van der Waals surface area (Å²) in [6.07, 6.45) is -2.12. The summed E-state index contributed by atoms with van der Waals surface area (Å²) in [5.41, 5.74) is 0.289. The van der Waals surface area contributed by atoms with Crippen molar-refractivity contribution in [1.29, 1.82) is 5.26 Å². The zero-order chi connectivity index (χ0) is 27.1. The van der Waals surface area contributed by atoms with E-state index in [0.29, 0.717) is 16.8 Å². The van der Waals surface area contributed by atoms with E-state index < -0.39 is 43.7 Å². The van der Waals surface area contributed by atoms with Crippen molar-refractivity contribution in [2.75, 3.05) is 13.7 Å². The molecule has 2 fully saturated rings. The van der Waals surface area contributed by atoms with Crippen LogP contribution in [0.3, 0.4) is 0 Å². The van der Waals surface area contributed by atoms with Crippen LogP contribution in [0.1, 0.15) is 34.2 Å². The predicted molar refractivity (Wildman–Crippen MR) is 126 cm³/mol. The van der Waals surface area contributed by atoms with Crippen molar-refractivity contribution in [2.45, 2.75) is 44.4 Å². The summed E-state index contributed by atoms with van der Waals surface area (Å²) in [5, 5.41) is 14.6. The molecule has 2 saturated heterocycles. The van der Waals surface area contributed by atoms with Gasteiger partial charge in [-0.05, 0) is 30.7 Å². The van der Waals surface area contributed by atoms with E-state index in [0.717, 1.165) is 0 Å². The van der Waals surface area contributed by atoms with Crippen LogP contribution in [0.2, 0.25) is 0 Å². The number of hydrogen-bond donors (Lipinski definition) is 0. The number of esters is 2. The van der Waals surface area contributed by atoms with Crippen molar-refractivity contribution in [3.63, 3.8) is 0 Å². The third kappa shape index (κ3) is 4.36. The summed E-state index contributed by atoms with van der Waals surface area (Å²) in [6.45, 7) is 2.37. The van der Waals surface area contributed by atoms with Crippen LogP contribution in [0.5, 0.6) is 0 Å². The maximum Gasteiger partial charge on any atom is 0.475 e. The van der Waals surface area contributed by atoms with Crippen LogP contribution in [-0.4, -0.2) is 58.6 Å². The van der Waals surface area contributed by atoms with Gasteiger partial charge in [0.25, 0.3) is 0 Å². The van der Waals surface area contributed by atoms with E-state index in [9.17, 15) is 19.4 Å². The second-order valence-electron chi connectivity index (χ2n) is 8.63. The highest BCUT2D eigenvalue weighted by Crippen LogP contribution is 2.59. The van der Waals surface area contributed by atoms with Gasteiger partial charge in [-0.2, -0.15) is 10.4 Å². The Morgan fingerprint density at radius 2 is 2.08 bits per heavy atom. The molecule has 14 heteroatoms. The second kappa shape index (κ2) is 9.90. The third-order valence-electron chi connectivity index (χ3n) is 6.34. The van der Waals surface area contributed by atoms with Crippen LogP contribution in [0.4, 0.5) is 0 Å². The van der Waals surface area contributed by atoms with Gasteiger partial charge in [-0.3, -0.25) is 18.4 Å². The van der Waals surface area contributed by atoms with Gasteiger partial charge in [0, 0.05) is 6.92 Å². The summed E-state index contributed by atoms with van der Waals surface area (Å²) >= 11 is 0. The molecule has 13 nitrogen and oxygen atoms in total. The number of carbonyl (C=O) groups is 2. The Balaban J connectivity index is 1.46. The van der Waals surface area contributed by atoms with E-state index in [2.05, 4.69) is 16.2 Å². The number of fused-ring (bicyclic) bond motifs is 2. The summed E-state index contributed by atoms with van der Waals surface area (Å²) in [5.74, 6) is -1.30. The standard InChI is InChI=1S/C24H23N4O9P/c1-14-18-8-9-20(28(18)27-13-26-14)24(12-25)22(35-15(2)29)21-19(36-24)11-34-38(31,37-21)33-10-16-6-4-5-7-17(16)23(30)32-3/h4-9,13,19,21-22H,10-11H2,1-3H3/t19-,21-,22-,24+,38?/m1/s1. The maximum absolute atomic E-state index is 13.5. The van der Waals surface area contributed by atoms with E-state index >= 15 is 0 Å². The SMILES string of the molecule is COC(=O)c1ccccc1COP1(=O)OC[C@H]2O[C@@](C#N)(c3ccc4c(C)ncnn34)[C@H](OC(C)=O)[C@@H]2O1. The molecule has 0 N–H and O–H groups in total. The third-order valence-corrected chi connectivity index (χ3v) is 7.75. The minimum atomic E-state index is -4.25. The monoisotopic (exact) mass is 542 g/mol. The predicted octanol–water partition coefficient (Wildman–Crippen LogP) is 2.61. The lowest BCUT2D eigenvalue weighted by atomic mass is 9.92. The van der Waals surface area contributed by atoms with Crippen LogP contribution < -0.4 is 0 Å². The van der Waals surface area contributed by atoms with E-state index in [1.807, 2.05) is 0 Å². The smallest absolute Gasteiger partial charge is 0.465 e. The Morgan fingerprint density at radius 3 is 2.82 bits per heavy atom. The molecule has 0 bridgehead atoms. The molecule has 5 atom stereocenters. The zero-order valence-electron chi connectivity index (χ0n) is 20.6. The lowest BCUT2D eigenvalue weighted by molar-refractivity contribution is -0.157. The highest BCUT2D eigenvalue weighted by atomic mass is 31.2. The Bertz CT molecular complexity index is 1500. The summed E-state index contributed by atoms with van der Waals surface area (Å²) in [6, 6.07) is 11.9. The molecule has 0 aliphatic carbocycles. The lowest BCUT2D eigenvalue weighted by Gasteiger charge is -2.32. The summed E-state index contributed by atoms with van der Waals surface area (Å²) < 4.78 is 48.1. The number of nitrogens with zero attached hydrogens (tertiary/aromatic N) is 4. The van der Waals surface area contributed by atoms with Gasteiger partial charge in [0.15, 0.2) is 6.10 Å². The van der Waals surface area contributed by atoms with Crippen LogP contribution >= 0.6 is 7.82 Å². The van der Waals surface area contributed by atoms with Crippen molar-refractivity contribution < 1.29 is 41.9 Å². The quantitative estimate of drug-likeness (QED) is 0.331. The fourth-order valence-electron chi connectivity index (χ4n) is 4.59. The van der Waals surface area contributed by atoms with Crippen LogP contribution in [0, 0.1) is 18.3 Å². The van der Waals surface area contributed by atoms with Gasteiger partial charge in [-0.1, -0.05) is 18.2 Å². The molecule has 2 aliphatic heterocycles. The molecular weight excluding hydrogens is 519 g/mol. The van der Waals surface area contributed by atoms with Crippen molar-refractivity contribution in [3.8, 4) is 6.07 Å². The van der Waals surface area contributed by atoms with E-state index in [4.69, 9.17) is 27.8 Å². The largest absolute Gasteiger partial charge is 0.475 e. The first-order valence-electron chi connectivity index (χ1n) is 11.5. The zero-order valence-corrected chi connectivity index (χ0v) is 21.5. The lowest BCUT2D eigenvalue weighted by Crippen LogP contribution is -2.46. The number of aromatic nitrogens is 3. The average molecular weight is 542 g/mol. The molecular formula is C24H23N4O9P. The average Bonchev–Trinajstić information content (AvgIpc) is 3.48. The highest BCUT2D eigenvalue weighted by molar-refractivity contribution is 7.48. The minimum Gasteiger partial charge on any atom is -0.465 e. The number of aryl methyl sites for hydroxylation is 1. The Morgan fingerprint density at radius 1 is 1.29 bits per heavy atom. The van der Waals surface area contributed by atoms with Crippen molar-refractivity contribution in [3.05, 3.63) is 65.2 Å². The highest BCUT2D eigenvalue weighted by Gasteiger charge is 2.64. The number of carbonyl (C=O) groups excluding carboxylic acids is 2. The van der Waals surface area contributed by atoms with Crippen molar-refractivity contribution >= 4 is 25.3 Å². The molecule has 2 aliphatic rings. The van der Waals surface area contributed by atoms with Gasteiger partial charge < -0.3 is 14.2 Å². The molecule has 4 heterocycles. The van der Waals surface area contributed by atoms with Crippen LogP contribution in [0.15, 0.2) is 42.7 Å². The van der Waals surface area contributed by atoms with Gasteiger partial charge >= 0.3 is 19.8 Å². The number of hydrogen-bond acceptors (Lipinski definition) is 12. The summed E-state index contributed by atoms with van der Waals surface area (Å²) in [4.78, 5) is 28.3. The van der Waals surface area contributed by atoms with Gasteiger partial charge in [0.05, 0.1) is 42.8 Å². The van der Waals surface area contributed by atoms with E-state index in [1.54, 1.807) is 37.3 Å². The molecule has 1 unspecified atom stereocenters. The first-order valence-corrected chi connectivity index (χ1v) is 13.0. The van der Waals surface area contributed by atoms with Crippen LogP contribution in [0.25, 0.3) is 5.52 Å². The number of rotatable bonds is 6. The number of ether oxygens (including phenoxy) is 3. The number of nitriles is 1. The fourth-order valence-corrected chi connectivity index (χ4v) is 5.96. The molecule has 3 aromatic rings. The molecule has 0 spiro atoms. The molecule has 0 amide bonds. The minimum absolute atomic E-state index is 0.222. The molecule has 1 aromatic carbocycles. The Hall–Kier alpha value is -3.66. The topological polar surface area (TPSA) is 161 Å². The second-order valence-corrected chi connectivity index (χ2v) is 10.3. The van der Waals surface area contributed by atoms with Gasteiger partial charge in [0.2, 0.25) is 5.60 Å². The molecule has 0 radical (unpaired) electrons. The maximum atomic E-state index is 13.5. The van der Waals surface area contributed by atoms with Crippen LogP contribution in [-0.2, 0) is 49.3 Å². The molecule has 5 rings (SSSR count). The molecule has 198 valence electrons. The van der Waals surface area contributed by atoms with E-state index in [1.165, 1.54) is 30.9 Å². The van der Waals surface area contributed by atoms with E-state index in [-0.39, 0.29) is 24.5 Å². The first kappa shape index (κ1) is 26.0. The first-order chi connectivity index (χ1) is 18.2. The molecule has 0 saturated carbocycles. The number of phosphoric acid groups is 1. The number of methoxy groups -OCH3 is 1. The van der Waals surface area contributed by atoms with Crippen molar-refractivity contribution in [1.82, 2.24) is 14.6 Å². The Labute approximate surface area is 216 Å². The Kier molecular flexibility index (Phi) is 6.77. The van der Waals surface area contributed by atoms with Crippen molar-refractivity contribution in [2.24, 2.45) is 0 Å². The molecule has 38 heavy (non-hydrogen) atoms. The normalized spacial score (nSPS) is 28.4. The number of benzene rings is 1. The number of phosphoric ester groups is 1. The van der Waals surface area contributed by atoms with Gasteiger partial charge in [-0.25, -0.2) is 18.9 Å². The molecule has 2 aromatic heterocycles. The van der Waals surface area contributed by atoms with Gasteiger partial charge in [0.1, 0.15) is 24.6 Å². The summed E-state index contributed by atoms with van der Waals surface area (Å²) in [7, 11) is -3.01. The van der Waals surface area contributed by atoms with Gasteiger partial charge in [-0.15, -0.1) is 0 Å².